The molecule has 0 aromatic carbocycles. The van der Waals surface area contributed by atoms with Crippen LogP contribution in [-0.4, -0.2) is 18.0 Å². The Morgan fingerprint density at radius 3 is 1.75 bits per heavy atom. The fourth-order valence-corrected chi connectivity index (χ4v) is 4.95. The van der Waals surface area contributed by atoms with E-state index in [-0.39, 0.29) is 5.79 Å². The highest BCUT2D eigenvalue weighted by Crippen LogP contribution is 2.46. The zero-order chi connectivity index (χ0) is 14.0. The Kier molecular flexibility index (Phi) is 4.72. The van der Waals surface area contributed by atoms with E-state index in [0.717, 1.165) is 31.1 Å². The van der Waals surface area contributed by atoms with Crippen molar-refractivity contribution < 1.29 is 9.47 Å². The molecule has 20 heavy (non-hydrogen) atoms. The van der Waals surface area contributed by atoms with Gasteiger partial charge in [0.2, 0.25) is 0 Å². The molecule has 2 nitrogen and oxygen atoms in total. The first kappa shape index (κ1) is 14.8. The van der Waals surface area contributed by atoms with Crippen LogP contribution in [0.2, 0.25) is 0 Å². The molecule has 2 heteroatoms. The quantitative estimate of drug-likeness (QED) is 0.617. The van der Waals surface area contributed by atoms with Crippen molar-refractivity contribution in [2.75, 3.05) is 0 Å². The highest BCUT2D eigenvalue weighted by atomic mass is 16.7. The van der Waals surface area contributed by atoms with Crippen molar-refractivity contribution >= 4 is 0 Å². The molecule has 0 aromatic rings. The average Bonchev–Trinajstić information content (AvgIpc) is 2.35. The molecule has 1 saturated heterocycles. The van der Waals surface area contributed by atoms with E-state index >= 15 is 0 Å². The molecule has 2 aliphatic carbocycles. The van der Waals surface area contributed by atoms with Crippen molar-refractivity contribution in [3.63, 3.8) is 0 Å². The third-order valence-electron chi connectivity index (χ3n) is 5.59. The second-order valence-corrected chi connectivity index (χ2v) is 7.72. The predicted molar refractivity (Wildman–Crippen MR) is 81.6 cm³/mol. The standard InChI is InChI=1S/C18H32O2/c1-14-10-15(2)20-18(19-14)12-16-8-6-4-3-5-7-9-17(11-16)13-18/h14-17H,3-13H2,1-2H3/t14-,15-,16-,17+/m1/s1. The second-order valence-electron chi connectivity index (χ2n) is 7.72. The minimum absolute atomic E-state index is 0.232. The summed E-state index contributed by atoms with van der Waals surface area (Å²) in [7, 11) is 0. The van der Waals surface area contributed by atoms with Gasteiger partial charge in [0.1, 0.15) is 0 Å². The first-order valence-electron chi connectivity index (χ1n) is 9.01. The maximum atomic E-state index is 6.37. The van der Waals surface area contributed by atoms with Gasteiger partial charge in [0.25, 0.3) is 0 Å². The summed E-state index contributed by atoms with van der Waals surface area (Å²) in [4.78, 5) is 0. The number of hydrogen-bond donors (Lipinski definition) is 0. The Balaban J connectivity index is 1.72. The molecule has 0 aromatic heterocycles. The molecular formula is C18H32O2. The summed E-state index contributed by atoms with van der Waals surface area (Å²) in [5.74, 6) is 1.44. The smallest absolute Gasteiger partial charge is 0.169 e. The lowest BCUT2D eigenvalue weighted by Gasteiger charge is -2.49. The third-order valence-corrected chi connectivity index (χ3v) is 5.59. The summed E-state index contributed by atoms with van der Waals surface area (Å²) in [6.07, 6.45) is 15.5. The maximum Gasteiger partial charge on any atom is 0.169 e. The summed E-state index contributed by atoms with van der Waals surface area (Å²) < 4.78 is 12.7. The molecule has 3 fully saturated rings. The Morgan fingerprint density at radius 1 is 0.700 bits per heavy atom. The van der Waals surface area contributed by atoms with Crippen LogP contribution in [0, 0.1) is 11.8 Å². The highest BCUT2D eigenvalue weighted by molar-refractivity contribution is 4.89. The molecule has 2 saturated carbocycles. The van der Waals surface area contributed by atoms with E-state index in [0.29, 0.717) is 12.2 Å². The summed E-state index contributed by atoms with van der Waals surface area (Å²) in [6.45, 7) is 4.45. The monoisotopic (exact) mass is 280 g/mol. The van der Waals surface area contributed by atoms with Crippen molar-refractivity contribution in [3.05, 3.63) is 0 Å². The Labute approximate surface area is 124 Å². The van der Waals surface area contributed by atoms with Crippen molar-refractivity contribution in [1.29, 1.82) is 0 Å². The molecule has 0 unspecified atom stereocenters. The fourth-order valence-electron chi connectivity index (χ4n) is 4.95. The molecule has 0 N–H and O–H groups in total. The van der Waals surface area contributed by atoms with Gasteiger partial charge < -0.3 is 9.47 Å². The molecule has 3 rings (SSSR count). The van der Waals surface area contributed by atoms with Crippen LogP contribution in [-0.2, 0) is 9.47 Å². The summed E-state index contributed by atoms with van der Waals surface area (Å²) >= 11 is 0. The van der Waals surface area contributed by atoms with Crippen molar-refractivity contribution in [2.45, 2.75) is 102 Å². The van der Waals surface area contributed by atoms with Gasteiger partial charge in [-0.1, -0.05) is 44.9 Å². The average molecular weight is 280 g/mol. The normalized spacial score (nSPS) is 47.1. The first-order chi connectivity index (χ1) is 9.65. The van der Waals surface area contributed by atoms with Gasteiger partial charge in [0.05, 0.1) is 12.2 Å². The maximum absolute atomic E-state index is 6.37. The van der Waals surface area contributed by atoms with E-state index in [1.165, 1.54) is 51.4 Å². The first-order valence-corrected chi connectivity index (χ1v) is 9.01. The lowest BCUT2D eigenvalue weighted by Crippen LogP contribution is -2.51. The van der Waals surface area contributed by atoms with Crippen LogP contribution in [0.25, 0.3) is 0 Å². The van der Waals surface area contributed by atoms with E-state index in [1.807, 2.05) is 0 Å². The number of hydrogen-bond acceptors (Lipinski definition) is 2. The largest absolute Gasteiger partial charge is 0.347 e. The van der Waals surface area contributed by atoms with Crippen LogP contribution in [0.15, 0.2) is 0 Å². The van der Waals surface area contributed by atoms with Crippen LogP contribution in [0.5, 0.6) is 0 Å². The van der Waals surface area contributed by atoms with Gasteiger partial charge in [-0.05, 0) is 38.5 Å². The minimum atomic E-state index is -0.232. The molecule has 1 spiro atoms. The molecule has 0 amide bonds. The highest BCUT2D eigenvalue weighted by Gasteiger charge is 2.46. The van der Waals surface area contributed by atoms with Crippen LogP contribution in [0.1, 0.15) is 84.5 Å². The zero-order valence-corrected chi connectivity index (χ0v) is 13.4. The lowest BCUT2D eigenvalue weighted by atomic mass is 9.73. The summed E-state index contributed by atoms with van der Waals surface area (Å²) in [6, 6.07) is 0. The van der Waals surface area contributed by atoms with Gasteiger partial charge in [-0.3, -0.25) is 0 Å². The van der Waals surface area contributed by atoms with E-state index in [9.17, 15) is 0 Å². The second kappa shape index (κ2) is 6.36. The van der Waals surface area contributed by atoms with Gasteiger partial charge in [-0.2, -0.15) is 0 Å². The van der Waals surface area contributed by atoms with E-state index < -0.39 is 0 Å². The molecule has 2 bridgehead atoms. The SMILES string of the molecule is C[C@@H]1C[C@@H](C)OC2(C[C@@H]3CCCCCCC[C@@H](C3)C2)O1. The van der Waals surface area contributed by atoms with Gasteiger partial charge >= 0.3 is 0 Å². The van der Waals surface area contributed by atoms with Crippen LogP contribution < -0.4 is 0 Å². The van der Waals surface area contributed by atoms with Gasteiger partial charge in [-0.25, -0.2) is 0 Å². The van der Waals surface area contributed by atoms with Crippen LogP contribution in [0.3, 0.4) is 0 Å². The van der Waals surface area contributed by atoms with E-state index in [1.54, 1.807) is 0 Å². The Bertz CT molecular complexity index is 287. The van der Waals surface area contributed by atoms with Crippen molar-refractivity contribution in [3.8, 4) is 0 Å². The molecule has 3 aliphatic rings. The Hall–Kier alpha value is -0.0800. The molecule has 1 heterocycles. The molecule has 4 atom stereocenters. The predicted octanol–water partition coefficient (Wildman–Crippen LogP) is 5.06. The molecule has 116 valence electrons. The summed E-state index contributed by atoms with van der Waals surface area (Å²) in [5, 5.41) is 0. The Morgan fingerprint density at radius 2 is 1.20 bits per heavy atom. The van der Waals surface area contributed by atoms with Gasteiger partial charge in [0.15, 0.2) is 5.79 Å². The fraction of sp³-hybridized carbons (Fsp3) is 1.00. The van der Waals surface area contributed by atoms with Gasteiger partial charge in [0, 0.05) is 12.8 Å². The van der Waals surface area contributed by atoms with Crippen LogP contribution >= 0.6 is 0 Å². The topological polar surface area (TPSA) is 18.5 Å². The third kappa shape index (κ3) is 3.57. The molecule has 0 radical (unpaired) electrons. The zero-order valence-electron chi connectivity index (χ0n) is 13.4. The van der Waals surface area contributed by atoms with E-state index in [4.69, 9.17) is 9.47 Å². The lowest BCUT2D eigenvalue weighted by molar-refractivity contribution is -0.333. The molecular weight excluding hydrogens is 248 g/mol. The number of ether oxygens (including phenoxy) is 2. The van der Waals surface area contributed by atoms with Crippen molar-refractivity contribution in [1.82, 2.24) is 0 Å². The molecule has 1 aliphatic heterocycles. The number of rotatable bonds is 0. The minimum Gasteiger partial charge on any atom is -0.347 e. The van der Waals surface area contributed by atoms with Crippen molar-refractivity contribution in [2.24, 2.45) is 11.8 Å². The summed E-state index contributed by atoms with van der Waals surface area (Å²) in [5.41, 5.74) is 0. The van der Waals surface area contributed by atoms with E-state index in [2.05, 4.69) is 13.8 Å². The number of fused-ring (bicyclic) bond motifs is 2. The van der Waals surface area contributed by atoms with Gasteiger partial charge in [-0.15, -0.1) is 0 Å². The van der Waals surface area contributed by atoms with Crippen LogP contribution in [0.4, 0.5) is 0 Å².